The van der Waals surface area contributed by atoms with Gasteiger partial charge in [0.25, 0.3) is 5.69 Å². The lowest BCUT2D eigenvalue weighted by atomic mass is 10.0. The molecule has 9 nitrogen and oxygen atoms in total. The van der Waals surface area contributed by atoms with Gasteiger partial charge in [0.15, 0.2) is 0 Å². The molecule has 0 saturated carbocycles. The molecule has 1 aromatic rings. The number of nitro benzene ring substituents is 1. The van der Waals surface area contributed by atoms with Gasteiger partial charge in [0, 0.05) is 44.0 Å². The van der Waals surface area contributed by atoms with Crippen molar-refractivity contribution in [1.82, 2.24) is 9.80 Å². The highest BCUT2D eigenvalue weighted by atomic mass is 35.5. The Morgan fingerprint density at radius 2 is 1.82 bits per heavy atom. The molecule has 1 aliphatic heterocycles. The molecule has 2 rings (SSSR count). The number of rotatable bonds is 8. The second kappa shape index (κ2) is 10.9. The van der Waals surface area contributed by atoms with E-state index in [1.807, 2.05) is 11.8 Å². The van der Waals surface area contributed by atoms with Gasteiger partial charge in [-0.1, -0.05) is 6.92 Å². The molecule has 1 saturated heterocycles. The number of carbonyl (C=O) groups excluding carboxylic acids is 1. The molecule has 0 radical (unpaired) electrons. The quantitative estimate of drug-likeness (QED) is 0.510. The van der Waals surface area contributed by atoms with Gasteiger partial charge in [0.1, 0.15) is 0 Å². The van der Waals surface area contributed by atoms with Crippen molar-refractivity contribution in [2.24, 2.45) is 0 Å². The fourth-order valence-corrected chi connectivity index (χ4v) is 3.35. The van der Waals surface area contributed by atoms with Crippen molar-refractivity contribution in [3.05, 3.63) is 34.4 Å². The van der Waals surface area contributed by atoms with E-state index in [9.17, 15) is 19.7 Å². The predicted molar refractivity (Wildman–Crippen MR) is 108 cm³/mol. The number of likely N-dealkylation sites (N-methyl/N-ethyl adjacent to an activating group) is 2. The Hall–Kier alpha value is -2.23. The Morgan fingerprint density at radius 3 is 2.29 bits per heavy atom. The van der Waals surface area contributed by atoms with Crippen LogP contribution in [-0.2, 0) is 9.59 Å². The van der Waals surface area contributed by atoms with Crippen LogP contribution in [0.15, 0.2) is 24.3 Å². The first-order chi connectivity index (χ1) is 12.8. The van der Waals surface area contributed by atoms with Gasteiger partial charge in [0.05, 0.1) is 18.0 Å². The molecular weight excluding hydrogens is 388 g/mol. The average molecular weight is 415 g/mol. The van der Waals surface area contributed by atoms with E-state index < -0.39 is 10.9 Å². The number of hydrogen-bond acceptors (Lipinski definition) is 6. The second-order valence-electron chi connectivity index (χ2n) is 6.69. The number of carbonyl (C=O) groups is 2. The second-order valence-corrected chi connectivity index (χ2v) is 6.69. The number of halogens is 1. The topological polar surface area (TPSA) is 107 Å². The number of non-ortho nitro benzene ring substituents is 1. The summed E-state index contributed by atoms with van der Waals surface area (Å²) in [5.41, 5.74) is 0.600. The average Bonchev–Trinajstić information content (AvgIpc) is 2.66. The van der Waals surface area contributed by atoms with Crippen molar-refractivity contribution in [3.8, 4) is 0 Å². The lowest BCUT2D eigenvalue weighted by Crippen LogP contribution is -2.48. The molecule has 0 unspecified atom stereocenters. The van der Waals surface area contributed by atoms with Gasteiger partial charge in [-0.3, -0.25) is 29.5 Å². The van der Waals surface area contributed by atoms with Gasteiger partial charge in [0.2, 0.25) is 5.91 Å². The molecule has 0 aliphatic carbocycles. The molecule has 0 spiro atoms. The van der Waals surface area contributed by atoms with Crippen LogP contribution in [0, 0.1) is 10.1 Å². The van der Waals surface area contributed by atoms with Crippen molar-refractivity contribution < 1.29 is 19.6 Å². The maximum atomic E-state index is 12.5. The minimum absolute atomic E-state index is 0. The maximum Gasteiger partial charge on any atom is 0.317 e. The van der Waals surface area contributed by atoms with Gasteiger partial charge in [-0.15, -0.1) is 12.4 Å². The number of anilines is 1. The first-order valence-corrected chi connectivity index (χ1v) is 9.01. The number of nitro groups is 1. The highest BCUT2D eigenvalue weighted by Crippen LogP contribution is 2.20. The van der Waals surface area contributed by atoms with Crippen molar-refractivity contribution in [2.45, 2.75) is 25.8 Å². The monoisotopic (exact) mass is 414 g/mol. The molecule has 1 aliphatic rings. The van der Waals surface area contributed by atoms with E-state index in [2.05, 4.69) is 4.90 Å². The Bertz CT molecular complexity index is 677. The van der Waals surface area contributed by atoms with Crippen LogP contribution in [0.5, 0.6) is 0 Å². The van der Waals surface area contributed by atoms with Crippen molar-refractivity contribution in [3.63, 3.8) is 0 Å². The summed E-state index contributed by atoms with van der Waals surface area (Å²) in [6, 6.07) is 6.11. The number of hydrogen-bond donors (Lipinski definition) is 1. The zero-order valence-electron chi connectivity index (χ0n) is 16.1. The van der Waals surface area contributed by atoms with E-state index in [0.29, 0.717) is 12.2 Å². The maximum absolute atomic E-state index is 12.5. The molecule has 1 heterocycles. The highest BCUT2D eigenvalue weighted by molar-refractivity contribution is 5.94. The summed E-state index contributed by atoms with van der Waals surface area (Å²) in [6.45, 7) is 4.44. The van der Waals surface area contributed by atoms with Crippen molar-refractivity contribution in [1.29, 1.82) is 0 Å². The minimum Gasteiger partial charge on any atom is -0.480 e. The van der Waals surface area contributed by atoms with Gasteiger partial charge < -0.3 is 10.0 Å². The smallest absolute Gasteiger partial charge is 0.317 e. The highest BCUT2D eigenvalue weighted by Gasteiger charge is 2.26. The van der Waals surface area contributed by atoms with Crippen molar-refractivity contribution in [2.75, 3.05) is 44.7 Å². The Balaban J connectivity index is 0.00000392. The zero-order valence-corrected chi connectivity index (χ0v) is 16.9. The van der Waals surface area contributed by atoms with E-state index in [1.165, 1.54) is 17.0 Å². The molecule has 1 fully saturated rings. The Kier molecular flexibility index (Phi) is 9.30. The van der Waals surface area contributed by atoms with Gasteiger partial charge >= 0.3 is 5.97 Å². The Labute approximate surface area is 170 Å². The lowest BCUT2D eigenvalue weighted by Gasteiger charge is -2.37. The van der Waals surface area contributed by atoms with Gasteiger partial charge in [-0.25, -0.2) is 0 Å². The normalized spacial score (nSPS) is 15.1. The van der Waals surface area contributed by atoms with E-state index in [-0.39, 0.29) is 43.1 Å². The number of piperidine rings is 1. The molecule has 1 aromatic carbocycles. The fraction of sp³-hybridized carbons (Fsp3) is 0.556. The van der Waals surface area contributed by atoms with Gasteiger partial charge in [-0.2, -0.15) is 0 Å². The molecule has 1 N–H and O–H groups in total. The molecule has 156 valence electrons. The van der Waals surface area contributed by atoms with Crippen LogP contribution in [0.1, 0.15) is 19.8 Å². The van der Waals surface area contributed by atoms with E-state index in [1.54, 1.807) is 19.2 Å². The largest absolute Gasteiger partial charge is 0.480 e. The number of nitrogens with zero attached hydrogens (tertiary/aromatic N) is 4. The number of aliphatic carboxylic acids is 1. The van der Waals surface area contributed by atoms with E-state index >= 15 is 0 Å². The standard InChI is InChI=1S/C18H26N4O5.ClH/c1-3-21(13-18(24)25)15-8-10-20(11-9-15)12-17(23)19(2)14-4-6-16(7-5-14)22(26)27;/h4-7,15H,3,8-13H2,1-2H3,(H,24,25);1H. The molecular formula is C18H27ClN4O5. The van der Waals surface area contributed by atoms with Crippen LogP contribution in [0.25, 0.3) is 0 Å². The SMILES string of the molecule is CCN(CC(=O)O)C1CCN(CC(=O)N(C)c2ccc([N+](=O)[O-])cc2)CC1.Cl. The zero-order chi connectivity index (χ0) is 20.0. The lowest BCUT2D eigenvalue weighted by molar-refractivity contribution is -0.384. The van der Waals surface area contributed by atoms with Crippen LogP contribution < -0.4 is 4.90 Å². The van der Waals surface area contributed by atoms with E-state index in [0.717, 1.165) is 25.9 Å². The third-order valence-corrected chi connectivity index (χ3v) is 5.00. The van der Waals surface area contributed by atoms with Crippen LogP contribution in [0.4, 0.5) is 11.4 Å². The molecule has 0 aromatic heterocycles. The Morgan fingerprint density at radius 1 is 1.25 bits per heavy atom. The summed E-state index contributed by atoms with van der Waals surface area (Å²) in [6.07, 6.45) is 1.66. The fourth-order valence-electron chi connectivity index (χ4n) is 3.35. The van der Waals surface area contributed by atoms with Gasteiger partial charge in [-0.05, 0) is 31.5 Å². The number of amides is 1. The molecule has 28 heavy (non-hydrogen) atoms. The number of benzene rings is 1. The summed E-state index contributed by atoms with van der Waals surface area (Å²) in [5, 5.41) is 19.7. The summed E-state index contributed by atoms with van der Waals surface area (Å²) in [5.74, 6) is -0.903. The summed E-state index contributed by atoms with van der Waals surface area (Å²) in [7, 11) is 1.65. The van der Waals surface area contributed by atoms with Crippen LogP contribution >= 0.6 is 12.4 Å². The minimum atomic E-state index is -0.820. The molecule has 0 atom stereocenters. The first-order valence-electron chi connectivity index (χ1n) is 9.01. The molecule has 10 heteroatoms. The molecule has 1 amide bonds. The van der Waals surface area contributed by atoms with E-state index in [4.69, 9.17) is 5.11 Å². The number of carboxylic acid groups (broad SMARTS) is 1. The summed E-state index contributed by atoms with van der Waals surface area (Å²) < 4.78 is 0. The van der Waals surface area contributed by atoms with Crippen molar-refractivity contribution >= 4 is 35.7 Å². The van der Waals surface area contributed by atoms with Crippen LogP contribution in [0.3, 0.4) is 0 Å². The number of likely N-dealkylation sites (tertiary alicyclic amines) is 1. The van der Waals surface area contributed by atoms with Crippen LogP contribution in [0.2, 0.25) is 0 Å². The van der Waals surface area contributed by atoms with Crippen LogP contribution in [-0.4, -0.2) is 77.5 Å². The third kappa shape index (κ3) is 6.43. The summed E-state index contributed by atoms with van der Waals surface area (Å²) in [4.78, 5) is 39.2. The first kappa shape index (κ1) is 23.8. The predicted octanol–water partition coefficient (Wildman–Crippen LogP) is 1.85. The third-order valence-electron chi connectivity index (χ3n) is 5.00. The summed E-state index contributed by atoms with van der Waals surface area (Å²) >= 11 is 0. The number of carboxylic acids is 1. The molecule has 0 bridgehead atoms.